The summed E-state index contributed by atoms with van der Waals surface area (Å²) >= 11 is 0. The van der Waals surface area contributed by atoms with Gasteiger partial charge >= 0.3 is 0 Å². The van der Waals surface area contributed by atoms with Crippen LogP contribution in [-0.4, -0.2) is 36.9 Å². The number of amides is 1. The maximum Gasteiger partial charge on any atom is 0.279 e. The van der Waals surface area contributed by atoms with E-state index in [0.717, 1.165) is 29.8 Å². The highest BCUT2D eigenvalue weighted by atomic mass is 16.5. The van der Waals surface area contributed by atoms with Crippen molar-refractivity contribution in [3.8, 4) is 5.75 Å². The summed E-state index contributed by atoms with van der Waals surface area (Å²) in [6, 6.07) is 18.3. The summed E-state index contributed by atoms with van der Waals surface area (Å²) in [5.74, 6) is 0.444. The zero-order valence-corrected chi connectivity index (χ0v) is 19.1. The number of hydrogen-bond donors (Lipinski definition) is 0. The molecule has 32 heavy (non-hydrogen) atoms. The fraction of sp³-hybridized carbons (Fsp3) is 0.320. The zero-order chi connectivity index (χ0) is 23.1. The minimum atomic E-state index is -0.267. The Morgan fingerprint density at radius 1 is 0.969 bits per heavy atom. The number of hydrogen-bond acceptors (Lipinski definition) is 5. The van der Waals surface area contributed by atoms with Crippen molar-refractivity contribution in [3.63, 3.8) is 0 Å². The smallest absolute Gasteiger partial charge is 0.279 e. The molecule has 0 saturated heterocycles. The third kappa shape index (κ3) is 5.55. The molecule has 7 nitrogen and oxygen atoms in total. The van der Waals surface area contributed by atoms with Crippen molar-refractivity contribution in [1.82, 2.24) is 9.78 Å². The summed E-state index contributed by atoms with van der Waals surface area (Å²) in [5, 5.41) is 4.35. The van der Waals surface area contributed by atoms with Crippen LogP contribution >= 0.6 is 0 Å². The molecule has 2 aromatic carbocycles. The summed E-state index contributed by atoms with van der Waals surface area (Å²) < 4.78 is 6.63. The van der Waals surface area contributed by atoms with Crippen LogP contribution < -0.4 is 20.1 Å². The molecule has 3 aromatic rings. The number of aryl methyl sites for hydroxylation is 1. The molecule has 168 valence electrons. The van der Waals surface area contributed by atoms with E-state index in [0.29, 0.717) is 18.8 Å². The van der Waals surface area contributed by atoms with Crippen molar-refractivity contribution in [2.45, 2.75) is 32.9 Å². The molecule has 0 radical (unpaired) electrons. The second-order valence-electron chi connectivity index (χ2n) is 7.78. The van der Waals surface area contributed by atoms with Crippen LogP contribution in [0, 0.1) is 0 Å². The Kier molecular flexibility index (Phi) is 7.65. The summed E-state index contributed by atoms with van der Waals surface area (Å²) in [7, 11) is 5.58. The average molecular weight is 435 g/mol. The van der Waals surface area contributed by atoms with Crippen molar-refractivity contribution in [2.75, 3.05) is 31.0 Å². The average Bonchev–Trinajstić information content (AvgIpc) is 2.82. The van der Waals surface area contributed by atoms with Gasteiger partial charge < -0.3 is 14.5 Å². The number of nitrogens with zero attached hydrogens (tertiary/aromatic N) is 4. The van der Waals surface area contributed by atoms with Gasteiger partial charge in [0.2, 0.25) is 0 Å². The molecule has 1 heterocycles. The van der Waals surface area contributed by atoms with Crippen molar-refractivity contribution in [2.24, 2.45) is 0 Å². The van der Waals surface area contributed by atoms with Gasteiger partial charge in [0.25, 0.3) is 11.5 Å². The number of rotatable bonds is 9. The van der Waals surface area contributed by atoms with E-state index in [-0.39, 0.29) is 17.2 Å². The lowest BCUT2D eigenvalue weighted by Crippen LogP contribution is -2.33. The molecular formula is C25H30N4O3. The van der Waals surface area contributed by atoms with Crippen LogP contribution in [0.1, 0.15) is 35.8 Å². The van der Waals surface area contributed by atoms with Crippen LogP contribution in [0.4, 0.5) is 11.4 Å². The normalized spacial score (nSPS) is 10.6. The van der Waals surface area contributed by atoms with E-state index in [4.69, 9.17) is 4.74 Å². The minimum absolute atomic E-state index is 0.203. The summed E-state index contributed by atoms with van der Waals surface area (Å²) in [5.41, 5.74) is 2.83. The van der Waals surface area contributed by atoms with Gasteiger partial charge in [0.15, 0.2) is 0 Å². The molecule has 1 aromatic heterocycles. The number of methoxy groups -OCH3 is 1. The van der Waals surface area contributed by atoms with Gasteiger partial charge in [-0.3, -0.25) is 9.59 Å². The Morgan fingerprint density at radius 3 is 2.22 bits per heavy atom. The molecular weight excluding hydrogens is 404 g/mol. The second kappa shape index (κ2) is 10.6. The van der Waals surface area contributed by atoms with E-state index in [1.165, 1.54) is 16.8 Å². The SMILES string of the molecule is CCCCn1nc(C(=O)N(Cc2ccc(N(C)C)cc2)c2ccc(OC)cc2)ccc1=O. The van der Waals surface area contributed by atoms with E-state index >= 15 is 0 Å². The highest BCUT2D eigenvalue weighted by Gasteiger charge is 2.21. The van der Waals surface area contributed by atoms with Crippen LogP contribution in [0.25, 0.3) is 0 Å². The van der Waals surface area contributed by atoms with Crippen LogP contribution in [-0.2, 0) is 13.1 Å². The monoisotopic (exact) mass is 434 g/mol. The van der Waals surface area contributed by atoms with E-state index < -0.39 is 0 Å². The topological polar surface area (TPSA) is 67.7 Å². The lowest BCUT2D eigenvalue weighted by Gasteiger charge is -2.23. The van der Waals surface area contributed by atoms with Crippen LogP contribution in [0.2, 0.25) is 0 Å². The second-order valence-corrected chi connectivity index (χ2v) is 7.78. The van der Waals surface area contributed by atoms with Crippen LogP contribution in [0.15, 0.2) is 65.5 Å². The van der Waals surface area contributed by atoms with Crippen molar-refractivity contribution >= 4 is 17.3 Å². The van der Waals surface area contributed by atoms with Gasteiger partial charge in [-0.25, -0.2) is 4.68 Å². The molecule has 0 aliphatic heterocycles. The van der Waals surface area contributed by atoms with E-state index in [1.54, 1.807) is 12.0 Å². The predicted molar refractivity (Wildman–Crippen MR) is 128 cm³/mol. The number of anilines is 2. The fourth-order valence-electron chi connectivity index (χ4n) is 3.29. The van der Waals surface area contributed by atoms with Gasteiger partial charge in [0, 0.05) is 38.1 Å². The Balaban J connectivity index is 1.95. The third-order valence-corrected chi connectivity index (χ3v) is 5.23. The molecule has 7 heteroatoms. The van der Waals surface area contributed by atoms with Crippen molar-refractivity contribution in [3.05, 3.63) is 82.3 Å². The molecule has 0 unspecified atom stereocenters. The number of carbonyl (C=O) groups excluding carboxylic acids is 1. The molecule has 0 bridgehead atoms. The number of ether oxygens (including phenoxy) is 1. The number of benzene rings is 2. The van der Waals surface area contributed by atoms with E-state index in [2.05, 4.69) is 5.10 Å². The van der Waals surface area contributed by atoms with Crippen molar-refractivity contribution < 1.29 is 9.53 Å². The molecule has 0 aliphatic rings. The third-order valence-electron chi connectivity index (χ3n) is 5.23. The molecule has 0 saturated carbocycles. The highest BCUT2D eigenvalue weighted by molar-refractivity contribution is 6.04. The molecule has 3 rings (SSSR count). The first-order valence-electron chi connectivity index (χ1n) is 10.7. The van der Waals surface area contributed by atoms with Gasteiger partial charge in [-0.15, -0.1) is 0 Å². The Bertz CT molecular complexity index is 1090. The largest absolute Gasteiger partial charge is 0.497 e. The standard InChI is InChI=1S/C25H30N4O3/c1-5-6-17-29-24(30)16-15-23(26-29)25(31)28(21-11-13-22(32-4)14-12-21)18-19-7-9-20(10-8-19)27(2)3/h7-16H,5-6,17-18H2,1-4H3. The first-order valence-corrected chi connectivity index (χ1v) is 10.7. The van der Waals surface area contributed by atoms with Gasteiger partial charge in [-0.2, -0.15) is 5.10 Å². The number of carbonyl (C=O) groups is 1. The number of aromatic nitrogens is 2. The van der Waals surface area contributed by atoms with Gasteiger partial charge in [0.05, 0.1) is 13.7 Å². The summed E-state index contributed by atoms with van der Waals surface area (Å²) in [4.78, 5) is 29.4. The molecule has 0 N–H and O–H groups in total. The van der Waals surface area contributed by atoms with Gasteiger partial charge in [-0.05, 0) is 54.4 Å². The predicted octanol–water partition coefficient (Wildman–Crippen LogP) is 3.97. The number of unbranched alkanes of at least 4 members (excludes halogenated alkanes) is 1. The maximum absolute atomic E-state index is 13.5. The Morgan fingerprint density at radius 2 is 1.62 bits per heavy atom. The first kappa shape index (κ1) is 23.1. The lowest BCUT2D eigenvalue weighted by atomic mass is 10.1. The quantitative estimate of drug-likeness (QED) is 0.510. The van der Waals surface area contributed by atoms with Crippen molar-refractivity contribution in [1.29, 1.82) is 0 Å². The summed E-state index contributed by atoms with van der Waals surface area (Å²) in [6.45, 7) is 2.91. The van der Waals surface area contributed by atoms with Crippen LogP contribution in [0.5, 0.6) is 5.75 Å². The molecule has 1 amide bonds. The summed E-state index contributed by atoms with van der Waals surface area (Å²) in [6.07, 6.45) is 1.76. The Hall–Kier alpha value is -3.61. The zero-order valence-electron chi connectivity index (χ0n) is 19.1. The van der Waals surface area contributed by atoms with Gasteiger partial charge in [-0.1, -0.05) is 25.5 Å². The highest BCUT2D eigenvalue weighted by Crippen LogP contribution is 2.23. The minimum Gasteiger partial charge on any atom is -0.497 e. The molecule has 0 atom stereocenters. The molecule has 0 aliphatic carbocycles. The van der Waals surface area contributed by atoms with E-state index in [9.17, 15) is 9.59 Å². The molecule has 0 spiro atoms. The maximum atomic E-state index is 13.5. The first-order chi connectivity index (χ1) is 15.4. The van der Waals surface area contributed by atoms with Gasteiger partial charge in [0.1, 0.15) is 11.4 Å². The van der Waals surface area contributed by atoms with E-state index in [1.807, 2.05) is 74.4 Å². The van der Waals surface area contributed by atoms with Crippen LogP contribution in [0.3, 0.4) is 0 Å². The molecule has 0 fully saturated rings. The Labute approximate surface area is 188 Å². The lowest BCUT2D eigenvalue weighted by molar-refractivity contribution is 0.0977. The fourth-order valence-corrected chi connectivity index (χ4v) is 3.29.